The van der Waals surface area contributed by atoms with Gasteiger partial charge in [-0.2, -0.15) is 0 Å². The van der Waals surface area contributed by atoms with Gasteiger partial charge in [0.2, 0.25) is 0 Å². The molecule has 0 atom stereocenters. The van der Waals surface area contributed by atoms with Crippen LogP contribution in [-0.4, -0.2) is 30.1 Å². The van der Waals surface area contributed by atoms with Gasteiger partial charge in [-0.05, 0) is 41.9 Å². The number of rotatable bonds is 4. The SMILES string of the molecule is CCn1cc(Br)cc1C(=O)NCC1=CCNCC1. The lowest BCUT2D eigenvalue weighted by Gasteiger charge is -2.15. The Morgan fingerprint density at radius 2 is 2.44 bits per heavy atom. The molecule has 1 aliphatic heterocycles. The maximum absolute atomic E-state index is 12.1. The first kappa shape index (κ1) is 13.4. The summed E-state index contributed by atoms with van der Waals surface area (Å²) in [5.41, 5.74) is 2.01. The largest absolute Gasteiger partial charge is 0.347 e. The van der Waals surface area contributed by atoms with Crippen molar-refractivity contribution in [3.05, 3.63) is 34.1 Å². The van der Waals surface area contributed by atoms with Gasteiger partial charge in [0.15, 0.2) is 0 Å². The number of hydrogen-bond donors (Lipinski definition) is 2. The molecule has 1 aromatic rings. The Hall–Kier alpha value is -1.07. The fourth-order valence-electron chi connectivity index (χ4n) is 2.04. The van der Waals surface area contributed by atoms with Crippen LogP contribution in [0.5, 0.6) is 0 Å². The van der Waals surface area contributed by atoms with Crippen molar-refractivity contribution in [2.75, 3.05) is 19.6 Å². The molecule has 0 aliphatic carbocycles. The van der Waals surface area contributed by atoms with Gasteiger partial charge in [0, 0.05) is 30.3 Å². The van der Waals surface area contributed by atoms with Crippen molar-refractivity contribution in [3.63, 3.8) is 0 Å². The molecular weight excluding hydrogens is 294 g/mol. The van der Waals surface area contributed by atoms with Gasteiger partial charge in [0.05, 0.1) is 0 Å². The number of nitrogens with one attached hydrogen (secondary N) is 2. The molecular formula is C13H18BrN3O. The van der Waals surface area contributed by atoms with Crippen LogP contribution in [0.25, 0.3) is 0 Å². The van der Waals surface area contributed by atoms with Crippen LogP contribution < -0.4 is 10.6 Å². The first-order valence-electron chi connectivity index (χ1n) is 6.23. The second-order valence-electron chi connectivity index (χ2n) is 4.33. The zero-order valence-electron chi connectivity index (χ0n) is 10.5. The lowest BCUT2D eigenvalue weighted by molar-refractivity contribution is 0.0947. The molecule has 18 heavy (non-hydrogen) atoms. The van der Waals surface area contributed by atoms with E-state index in [1.807, 2.05) is 23.8 Å². The number of carbonyl (C=O) groups excluding carboxylic acids is 1. The second-order valence-corrected chi connectivity index (χ2v) is 5.24. The van der Waals surface area contributed by atoms with E-state index in [1.165, 1.54) is 5.57 Å². The summed E-state index contributed by atoms with van der Waals surface area (Å²) >= 11 is 3.40. The van der Waals surface area contributed by atoms with Crippen LogP contribution in [0.2, 0.25) is 0 Å². The molecule has 2 rings (SSSR count). The van der Waals surface area contributed by atoms with Crippen molar-refractivity contribution in [1.82, 2.24) is 15.2 Å². The number of aromatic nitrogens is 1. The summed E-state index contributed by atoms with van der Waals surface area (Å²) in [7, 11) is 0. The lowest BCUT2D eigenvalue weighted by atomic mass is 10.1. The molecule has 2 heterocycles. The van der Waals surface area contributed by atoms with Crippen LogP contribution >= 0.6 is 15.9 Å². The van der Waals surface area contributed by atoms with Crippen LogP contribution in [0.1, 0.15) is 23.8 Å². The molecule has 1 aliphatic rings. The molecule has 0 unspecified atom stereocenters. The van der Waals surface area contributed by atoms with E-state index in [-0.39, 0.29) is 5.91 Å². The summed E-state index contributed by atoms with van der Waals surface area (Å²) in [6.07, 6.45) is 5.09. The number of carbonyl (C=O) groups is 1. The minimum absolute atomic E-state index is 0.0121. The number of hydrogen-bond acceptors (Lipinski definition) is 2. The maximum Gasteiger partial charge on any atom is 0.268 e. The molecule has 0 fully saturated rings. The number of amides is 1. The van der Waals surface area contributed by atoms with Gasteiger partial charge in [-0.15, -0.1) is 0 Å². The third-order valence-corrected chi connectivity index (χ3v) is 3.50. The van der Waals surface area contributed by atoms with Crippen LogP contribution in [0, 0.1) is 0 Å². The van der Waals surface area contributed by atoms with Crippen molar-refractivity contribution in [2.45, 2.75) is 19.9 Å². The highest BCUT2D eigenvalue weighted by Gasteiger charge is 2.12. The van der Waals surface area contributed by atoms with E-state index in [4.69, 9.17) is 0 Å². The Kier molecular flexibility index (Phi) is 4.60. The van der Waals surface area contributed by atoms with Gasteiger partial charge in [0.25, 0.3) is 5.91 Å². The number of halogens is 1. The van der Waals surface area contributed by atoms with Gasteiger partial charge < -0.3 is 15.2 Å². The second kappa shape index (κ2) is 6.20. The molecule has 0 radical (unpaired) electrons. The van der Waals surface area contributed by atoms with E-state index in [9.17, 15) is 4.79 Å². The fraction of sp³-hybridized carbons (Fsp3) is 0.462. The molecule has 1 aromatic heterocycles. The third kappa shape index (κ3) is 3.23. The van der Waals surface area contributed by atoms with Gasteiger partial charge in [0.1, 0.15) is 5.69 Å². The molecule has 2 N–H and O–H groups in total. The highest BCUT2D eigenvalue weighted by Crippen LogP contribution is 2.15. The summed E-state index contributed by atoms with van der Waals surface area (Å²) in [6.45, 7) is 5.37. The van der Waals surface area contributed by atoms with E-state index < -0.39 is 0 Å². The normalized spacial score (nSPS) is 15.3. The van der Waals surface area contributed by atoms with Crippen LogP contribution in [-0.2, 0) is 6.54 Å². The predicted octanol–water partition coefficient (Wildman–Crippen LogP) is 1.92. The average Bonchev–Trinajstić information content (AvgIpc) is 2.78. The minimum Gasteiger partial charge on any atom is -0.347 e. The van der Waals surface area contributed by atoms with Crippen LogP contribution in [0.4, 0.5) is 0 Å². The average molecular weight is 312 g/mol. The topological polar surface area (TPSA) is 46.1 Å². The molecule has 4 nitrogen and oxygen atoms in total. The van der Waals surface area contributed by atoms with E-state index in [0.29, 0.717) is 12.2 Å². The van der Waals surface area contributed by atoms with Crippen molar-refractivity contribution in [2.24, 2.45) is 0 Å². The quantitative estimate of drug-likeness (QED) is 0.835. The molecule has 1 amide bonds. The van der Waals surface area contributed by atoms with E-state index in [0.717, 1.165) is 30.5 Å². The summed E-state index contributed by atoms with van der Waals surface area (Å²) in [5, 5.41) is 6.24. The summed E-state index contributed by atoms with van der Waals surface area (Å²) in [4.78, 5) is 12.1. The first-order chi connectivity index (χ1) is 8.70. The van der Waals surface area contributed by atoms with Crippen molar-refractivity contribution in [3.8, 4) is 0 Å². The van der Waals surface area contributed by atoms with Gasteiger partial charge in [-0.3, -0.25) is 4.79 Å². The fourth-order valence-corrected chi connectivity index (χ4v) is 2.51. The van der Waals surface area contributed by atoms with Crippen molar-refractivity contribution in [1.29, 1.82) is 0 Å². The smallest absolute Gasteiger partial charge is 0.268 e. The zero-order valence-corrected chi connectivity index (χ0v) is 12.1. The Morgan fingerprint density at radius 3 is 3.11 bits per heavy atom. The van der Waals surface area contributed by atoms with Crippen LogP contribution in [0.15, 0.2) is 28.4 Å². The van der Waals surface area contributed by atoms with Gasteiger partial charge >= 0.3 is 0 Å². The van der Waals surface area contributed by atoms with Crippen LogP contribution in [0.3, 0.4) is 0 Å². The molecule has 98 valence electrons. The maximum atomic E-state index is 12.1. The molecule has 0 spiro atoms. The van der Waals surface area contributed by atoms with Gasteiger partial charge in [-0.25, -0.2) is 0 Å². The third-order valence-electron chi connectivity index (χ3n) is 3.07. The lowest BCUT2D eigenvalue weighted by Crippen LogP contribution is -2.30. The van der Waals surface area contributed by atoms with E-state index in [1.54, 1.807) is 0 Å². The Morgan fingerprint density at radius 1 is 1.61 bits per heavy atom. The van der Waals surface area contributed by atoms with Gasteiger partial charge in [-0.1, -0.05) is 11.6 Å². The Labute approximate surface area is 116 Å². The Bertz CT molecular complexity index is 465. The highest BCUT2D eigenvalue weighted by atomic mass is 79.9. The summed E-state index contributed by atoms with van der Waals surface area (Å²) < 4.78 is 2.88. The van der Waals surface area contributed by atoms with Crippen molar-refractivity contribution >= 4 is 21.8 Å². The number of nitrogens with zero attached hydrogens (tertiary/aromatic N) is 1. The monoisotopic (exact) mass is 311 g/mol. The van der Waals surface area contributed by atoms with E-state index in [2.05, 4.69) is 32.6 Å². The molecule has 0 bridgehead atoms. The standard InChI is InChI=1S/C13H18BrN3O/c1-2-17-9-11(14)7-12(17)13(18)16-8-10-3-5-15-6-4-10/h3,7,9,15H,2,4-6,8H2,1H3,(H,16,18). The molecule has 0 aromatic carbocycles. The highest BCUT2D eigenvalue weighted by molar-refractivity contribution is 9.10. The molecule has 0 saturated carbocycles. The Balaban J connectivity index is 1.96. The summed E-state index contributed by atoms with van der Waals surface area (Å²) in [6, 6.07) is 1.86. The van der Waals surface area contributed by atoms with Crippen molar-refractivity contribution < 1.29 is 4.79 Å². The summed E-state index contributed by atoms with van der Waals surface area (Å²) in [5.74, 6) is -0.0121. The predicted molar refractivity (Wildman–Crippen MR) is 75.7 cm³/mol. The minimum atomic E-state index is -0.0121. The number of aryl methyl sites for hydroxylation is 1. The first-order valence-corrected chi connectivity index (χ1v) is 7.02. The molecule has 0 saturated heterocycles. The van der Waals surface area contributed by atoms with E-state index >= 15 is 0 Å². The zero-order chi connectivity index (χ0) is 13.0. The molecule has 5 heteroatoms.